The molecule has 0 saturated carbocycles. The molecular formula is C15H11ClN4S. The van der Waals surface area contributed by atoms with Crippen LogP contribution in [0.5, 0.6) is 0 Å². The number of thiazole rings is 1. The molecule has 0 aliphatic heterocycles. The van der Waals surface area contributed by atoms with Crippen molar-refractivity contribution in [3.63, 3.8) is 0 Å². The highest BCUT2D eigenvalue weighted by Gasteiger charge is 2.14. The van der Waals surface area contributed by atoms with Crippen LogP contribution in [0.15, 0.2) is 64.8 Å². The van der Waals surface area contributed by atoms with Gasteiger partial charge in [0, 0.05) is 5.56 Å². The Morgan fingerprint density at radius 3 is 2.43 bits per heavy atom. The van der Waals surface area contributed by atoms with Crippen molar-refractivity contribution in [1.29, 1.82) is 0 Å². The number of rotatable bonds is 3. The van der Waals surface area contributed by atoms with Gasteiger partial charge in [-0.3, -0.25) is 0 Å². The van der Waals surface area contributed by atoms with Crippen LogP contribution in [0.2, 0.25) is 5.02 Å². The van der Waals surface area contributed by atoms with Gasteiger partial charge < -0.3 is 5.73 Å². The Labute approximate surface area is 130 Å². The second-order valence-corrected chi connectivity index (χ2v) is 5.64. The Hall–Kier alpha value is -2.24. The molecule has 0 aliphatic rings. The minimum atomic E-state index is 0.437. The zero-order chi connectivity index (χ0) is 14.7. The minimum absolute atomic E-state index is 0.437. The molecule has 1 heterocycles. The van der Waals surface area contributed by atoms with Crippen molar-refractivity contribution in [2.24, 2.45) is 10.2 Å². The summed E-state index contributed by atoms with van der Waals surface area (Å²) >= 11 is 7.49. The van der Waals surface area contributed by atoms with Gasteiger partial charge in [0.05, 0.1) is 10.7 Å². The first-order valence-corrected chi connectivity index (χ1v) is 7.41. The van der Waals surface area contributed by atoms with E-state index < -0.39 is 0 Å². The summed E-state index contributed by atoms with van der Waals surface area (Å²) < 4.78 is 0. The molecule has 21 heavy (non-hydrogen) atoms. The van der Waals surface area contributed by atoms with Crippen molar-refractivity contribution in [2.45, 2.75) is 0 Å². The average molecular weight is 315 g/mol. The van der Waals surface area contributed by atoms with Crippen LogP contribution >= 0.6 is 22.9 Å². The highest BCUT2D eigenvalue weighted by molar-refractivity contribution is 7.19. The van der Waals surface area contributed by atoms with E-state index in [0.717, 1.165) is 11.3 Å². The van der Waals surface area contributed by atoms with Crippen molar-refractivity contribution in [1.82, 2.24) is 4.98 Å². The van der Waals surface area contributed by atoms with Gasteiger partial charge in [-0.15, -0.1) is 10.2 Å². The molecule has 0 fully saturated rings. The lowest BCUT2D eigenvalue weighted by Gasteiger charge is -2.00. The Morgan fingerprint density at radius 1 is 0.952 bits per heavy atom. The van der Waals surface area contributed by atoms with Crippen LogP contribution in [0, 0.1) is 0 Å². The molecule has 2 aromatic carbocycles. The van der Waals surface area contributed by atoms with Gasteiger partial charge in [-0.25, -0.2) is 4.98 Å². The normalized spacial score (nSPS) is 11.1. The van der Waals surface area contributed by atoms with Crippen molar-refractivity contribution in [2.75, 3.05) is 5.73 Å². The number of aromatic nitrogens is 1. The lowest BCUT2D eigenvalue weighted by Crippen LogP contribution is -1.83. The van der Waals surface area contributed by atoms with E-state index in [1.165, 1.54) is 11.3 Å². The van der Waals surface area contributed by atoms with E-state index in [0.29, 0.717) is 20.8 Å². The molecule has 104 valence electrons. The summed E-state index contributed by atoms with van der Waals surface area (Å²) in [4.78, 5) is 4.31. The van der Waals surface area contributed by atoms with Gasteiger partial charge in [-0.05, 0) is 18.2 Å². The monoisotopic (exact) mass is 314 g/mol. The quantitative estimate of drug-likeness (QED) is 0.652. The lowest BCUT2D eigenvalue weighted by atomic mass is 10.2. The molecule has 0 bridgehead atoms. The first-order valence-electron chi connectivity index (χ1n) is 6.22. The van der Waals surface area contributed by atoms with Crippen LogP contribution in [-0.4, -0.2) is 4.98 Å². The lowest BCUT2D eigenvalue weighted by molar-refractivity contribution is 1.24. The molecule has 0 unspecified atom stereocenters. The maximum absolute atomic E-state index is 6.21. The van der Waals surface area contributed by atoms with Crippen LogP contribution < -0.4 is 5.73 Å². The molecule has 0 spiro atoms. The van der Waals surface area contributed by atoms with Crippen LogP contribution in [0.25, 0.3) is 11.3 Å². The highest BCUT2D eigenvalue weighted by Crippen LogP contribution is 2.40. The highest BCUT2D eigenvalue weighted by atomic mass is 35.5. The van der Waals surface area contributed by atoms with E-state index in [4.69, 9.17) is 17.3 Å². The van der Waals surface area contributed by atoms with Crippen molar-refractivity contribution in [3.8, 4) is 11.3 Å². The smallest absolute Gasteiger partial charge is 0.182 e. The van der Waals surface area contributed by atoms with E-state index in [1.807, 2.05) is 54.6 Å². The molecule has 2 N–H and O–H groups in total. The molecule has 0 aliphatic carbocycles. The van der Waals surface area contributed by atoms with Crippen molar-refractivity contribution < 1.29 is 0 Å². The third-order valence-electron chi connectivity index (χ3n) is 2.77. The molecule has 3 rings (SSSR count). The standard InChI is InChI=1S/C15H11ClN4S/c16-12-9-5-4-8-11(12)13-14(21-15(17)18-13)20-19-10-6-2-1-3-7-10/h1-9H,(H2,17,18). The Balaban J connectivity index is 2.01. The summed E-state index contributed by atoms with van der Waals surface area (Å²) in [5.41, 5.74) is 8.03. The maximum atomic E-state index is 6.21. The molecule has 3 aromatic rings. The van der Waals surface area contributed by atoms with Crippen LogP contribution in [0.3, 0.4) is 0 Å². The Kier molecular flexibility index (Phi) is 3.94. The summed E-state index contributed by atoms with van der Waals surface area (Å²) in [5.74, 6) is 0. The SMILES string of the molecule is Nc1nc(-c2ccccc2Cl)c(N=Nc2ccccc2)s1. The summed E-state index contributed by atoms with van der Waals surface area (Å²) in [6, 6.07) is 17.0. The summed E-state index contributed by atoms with van der Waals surface area (Å²) in [6.45, 7) is 0. The largest absolute Gasteiger partial charge is 0.375 e. The zero-order valence-electron chi connectivity index (χ0n) is 10.9. The summed E-state index contributed by atoms with van der Waals surface area (Å²) in [5, 5.41) is 10.1. The third kappa shape index (κ3) is 3.09. The van der Waals surface area contributed by atoms with Gasteiger partial charge in [-0.2, -0.15) is 0 Å². The maximum Gasteiger partial charge on any atom is 0.182 e. The average Bonchev–Trinajstić information content (AvgIpc) is 2.87. The summed E-state index contributed by atoms with van der Waals surface area (Å²) in [6.07, 6.45) is 0. The van der Waals surface area contributed by atoms with Gasteiger partial charge in [0.15, 0.2) is 10.1 Å². The first kappa shape index (κ1) is 13.7. The Morgan fingerprint density at radius 2 is 1.67 bits per heavy atom. The molecule has 0 atom stereocenters. The van der Waals surface area contributed by atoms with E-state index >= 15 is 0 Å². The number of nitrogen functional groups attached to an aromatic ring is 1. The predicted molar refractivity (Wildman–Crippen MR) is 87.6 cm³/mol. The molecule has 6 heteroatoms. The molecule has 0 radical (unpaired) electrons. The predicted octanol–water partition coefficient (Wildman–Crippen LogP) is 5.46. The van der Waals surface area contributed by atoms with E-state index in [1.54, 1.807) is 0 Å². The summed E-state index contributed by atoms with van der Waals surface area (Å²) in [7, 11) is 0. The second kappa shape index (κ2) is 6.03. The molecular weight excluding hydrogens is 304 g/mol. The first-order chi connectivity index (χ1) is 10.2. The molecule has 0 amide bonds. The van der Waals surface area contributed by atoms with Gasteiger partial charge >= 0.3 is 0 Å². The molecule has 1 aromatic heterocycles. The van der Waals surface area contributed by atoms with Crippen LogP contribution in [0.4, 0.5) is 15.8 Å². The number of nitrogens with zero attached hydrogens (tertiary/aromatic N) is 3. The van der Waals surface area contributed by atoms with E-state index in [2.05, 4.69) is 15.2 Å². The molecule has 0 saturated heterocycles. The number of azo groups is 1. The van der Waals surface area contributed by atoms with Gasteiger partial charge in [-0.1, -0.05) is 59.3 Å². The Bertz CT molecular complexity index is 783. The van der Waals surface area contributed by atoms with Crippen molar-refractivity contribution in [3.05, 3.63) is 59.6 Å². The van der Waals surface area contributed by atoms with Crippen molar-refractivity contribution >= 4 is 38.8 Å². The van der Waals surface area contributed by atoms with Gasteiger partial charge in [0.1, 0.15) is 5.69 Å². The van der Waals surface area contributed by atoms with E-state index in [9.17, 15) is 0 Å². The molecule has 4 nitrogen and oxygen atoms in total. The number of benzene rings is 2. The fourth-order valence-corrected chi connectivity index (χ4v) is 2.72. The van der Waals surface area contributed by atoms with Crippen LogP contribution in [0.1, 0.15) is 0 Å². The number of halogens is 1. The fraction of sp³-hybridized carbons (Fsp3) is 0. The van der Waals surface area contributed by atoms with Gasteiger partial charge in [0.25, 0.3) is 0 Å². The van der Waals surface area contributed by atoms with Gasteiger partial charge in [0.2, 0.25) is 0 Å². The fourth-order valence-electron chi connectivity index (χ4n) is 1.82. The topological polar surface area (TPSA) is 63.6 Å². The number of anilines is 1. The van der Waals surface area contributed by atoms with Crippen LogP contribution in [-0.2, 0) is 0 Å². The van der Waals surface area contributed by atoms with E-state index in [-0.39, 0.29) is 0 Å². The number of hydrogen-bond donors (Lipinski definition) is 1. The number of hydrogen-bond acceptors (Lipinski definition) is 5. The minimum Gasteiger partial charge on any atom is -0.375 e. The third-order valence-corrected chi connectivity index (χ3v) is 3.87. The zero-order valence-corrected chi connectivity index (χ0v) is 12.5. The second-order valence-electron chi connectivity index (χ2n) is 4.22. The number of nitrogens with two attached hydrogens (primary N) is 1.